The molecule has 0 N–H and O–H groups in total. The fourth-order valence-corrected chi connectivity index (χ4v) is 2.11. The van der Waals surface area contributed by atoms with Gasteiger partial charge in [-0.1, -0.05) is 28.1 Å². The highest BCUT2D eigenvalue weighted by Gasteiger charge is 2.43. The molecule has 0 radical (unpaired) electrons. The van der Waals surface area contributed by atoms with E-state index in [0.29, 0.717) is 10.0 Å². The summed E-state index contributed by atoms with van der Waals surface area (Å²) < 4.78 is 27.4. The highest BCUT2D eigenvalue weighted by atomic mass is 79.9. The van der Waals surface area contributed by atoms with Crippen LogP contribution in [0.5, 0.6) is 0 Å². The van der Waals surface area contributed by atoms with E-state index < -0.39 is 18.1 Å². The van der Waals surface area contributed by atoms with Crippen molar-refractivity contribution in [3.63, 3.8) is 0 Å². The summed E-state index contributed by atoms with van der Waals surface area (Å²) in [6.45, 7) is -1.33. The fourth-order valence-electron chi connectivity index (χ4n) is 1.61. The Bertz CT molecular complexity index is 456. The van der Waals surface area contributed by atoms with Gasteiger partial charge < -0.3 is 0 Å². The SMILES string of the molecule is O=C1C=Cc2c(Br)cccc2C1(F)CF. The summed E-state index contributed by atoms with van der Waals surface area (Å²) >= 11 is 3.23. The van der Waals surface area contributed by atoms with E-state index in [1.807, 2.05) is 0 Å². The minimum Gasteiger partial charge on any atom is -0.291 e. The van der Waals surface area contributed by atoms with Crippen LogP contribution < -0.4 is 0 Å². The number of benzene rings is 1. The van der Waals surface area contributed by atoms with E-state index in [4.69, 9.17) is 0 Å². The largest absolute Gasteiger partial charge is 0.291 e. The molecule has 0 bridgehead atoms. The topological polar surface area (TPSA) is 17.1 Å². The summed E-state index contributed by atoms with van der Waals surface area (Å²) in [5.41, 5.74) is -1.91. The second-order valence-electron chi connectivity index (χ2n) is 3.33. The molecule has 0 fully saturated rings. The van der Waals surface area contributed by atoms with Gasteiger partial charge in [-0.15, -0.1) is 0 Å². The van der Waals surface area contributed by atoms with Gasteiger partial charge in [0.15, 0.2) is 5.78 Å². The Morgan fingerprint density at radius 2 is 2.07 bits per heavy atom. The zero-order valence-electron chi connectivity index (χ0n) is 7.64. The van der Waals surface area contributed by atoms with Crippen molar-refractivity contribution in [2.75, 3.05) is 6.67 Å². The molecular formula is C11H7BrF2O. The number of ketones is 1. The molecule has 1 aliphatic carbocycles. The molecule has 1 atom stereocenters. The van der Waals surface area contributed by atoms with Crippen LogP contribution in [-0.4, -0.2) is 12.5 Å². The molecule has 1 aromatic rings. The molecule has 0 spiro atoms. The van der Waals surface area contributed by atoms with E-state index in [0.717, 1.165) is 6.08 Å². The van der Waals surface area contributed by atoms with Gasteiger partial charge in [0.2, 0.25) is 5.67 Å². The predicted octanol–water partition coefficient (Wildman–Crippen LogP) is 3.18. The van der Waals surface area contributed by atoms with Crippen molar-refractivity contribution >= 4 is 27.8 Å². The summed E-state index contributed by atoms with van der Waals surface area (Å²) in [4.78, 5) is 11.3. The van der Waals surface area contributed by atoms with E-state index in [9.17, 15) is 13.6 Å². The van der Waals surface area contributed by atoms with Gasteiger partial charge in [-0.05, 0) is 23.8 Å². The molecule has 0 saturated carbocycles. The van der Waals surface area contributed by atoms with Crippen LogP contribution in [0.25, 0.3) is 6.08 Å². The van der Waals surface area contributed by atoms with E-state index in [2.05, 4.69) is 15.9 Å². The monoisotopic (exact) mass is 272 g/mol. The van der Waals surface area contributed by atoms with Gasteiger partial charge in [0, 0.05) is 10.0 Å². The summed E-state index contributed by atoms with van der Waals surface area (Å²) in [6.07, 6.45) is 2.57. The number of allylic oxidation sites excluding steroid dienone is 1. The van der Waals surface area contributed by atoms with Crippen LogP contribution >= 0.6 is 15.9 Å². The van der Waals surface area contributed by atoms with E-state index >= 15 is 0 Å². The average molecular weight is 273 g/mol. The smallest absolute Gasteiger partial charge is 0.226 e. The van der Waals surface area contributed by atoms with Gasteiger partial charge in [-0.2, -0.15) is 0 Å². The molecule has 1 aromatic carbocycles. The first kappa shape index (κ1) is 10.5. The Kier molecular flexibility index (Phi) is 2.46. The van der Waals surface area contributed by atoms with Gasteiger partial charge >= 0.3 is 0 Å². The molecule has 1 unspecified atom stereocenters. The number of rotatable bonds is 1. The van der Waals surface area contributed by atoms with Gasteiger partial charge in [0.1, 0.15) is 6.67 Å². The van der Waals surface area contributed by atoms with Crippen LogP contribution in [0.3, 0.4) is 0 Å². The maximum atomic E-state index is 14.1. The minimum absolute atomic E-state index is 0.0897. The fraction of sp³-hybridized carbons (Fsp3) is 0.182. The highest BCUT2D eigenvalue weighted by Crippen LogP contribution is 2.38. The summed E-state index contributed by atoms with van der Waals surface area (Å²) in [7, 11) is 0. The molecular weight excluding hydrogens is 266 g/mol. The van der Waals surface area contributed by atoms with E-state index in [1.54, 1.807) is 12.1 Å². The highest BCUT2D eigenvalue weighted by molar-refractivity contribution is 9.10. The number of halogens is 3. The lowest BCUT2D eigenvalue weighted by molar-refractivity contribution is -0.127. The Hall–Kier alpha value is -1.03. The molecule has 0 aliphatic heterocycles. The third kappa shape index (κ3) is 1.44. The molecule has 1 aliphatic rings. The molecule has 15 heavy (non-hydrogen) atoms. The van der Waals surface area contributed by atoms with E-state index in [1.165, 1.54) is 12.1 Å². The number of hydrogen-bond donors (Lipinski definition) is 0. The molecule has 4 heteroatoms. The lowest BCUT2D eigenvalue weighted by atomic mass is 9.84. The van der Waals surface area contributed by atoms with Crippen LogP contribution in [-0.2, 0) is 10.5 Å². The molecule has 0 aromatic heterocycles. The van der Waals surface area contributed by atoms with E-state index in [-0.39, 0.29) is 5.56 Å². The Labute approximate surface area is 93.9 Å². The zero-order valence-corrected chi connectivity index (χ0v) is 9.22. The van der Waals surface area contributed by atoms with Crippen LogP contribution in [0.15, 0.2) is 28.7 Å². The number of carbonyl (C=O) groups is 1. The van der Waals surface area contributed by atoms with Crippen molar-refractivity contribution < 1.29 is 13.6 Å². The molecule has 0 saturated heterocycles. The van der Waals surface area contributed by atoms with Crippen molar-refractivity contribution in [3.05, 3.63) is 39.9 Å². The van der Waals surface area contributed by atoms with Gasteiger partial charge in [0.25, 0.3) is 0 Å². The second kappa shape index (κ2) is 3.52. The van der Waals surface area contributed by atoms with Gasteiger partial charge in [-0.3, -0.25) is 4.79 Å². The van der Waals surface area contributed by atoms with Crippen molar-refractivity contribution in [1.29, 1.82) is 0 Å². The maximum absolute atomic E-state index is 14.1. The minimum atomic E-state index is -2.52. The van der Waals surface area contributed by atoms with Crippen LogP contribution in [0.1, 0.15) is 11.1 Å². The predicted molar refractivity (Wildman–Crippen MR) is 56.9 cm³/mol. The molecule has 0 amide bonds. The van der Waals surface area contributed by atoms with Crippen molar-refractivity contribution in [2.45, 2.75) is 5.67 Å². The third-order valence-corrected chi connectivity index (χ3v) is 3.15. The average Bonchev–Trinajstić information content (AvgIpc) is 2.24. The first-order valence-electron chi connectivity index (χ1n) is 4.36. The summed E-state index contributed by atoms with van der Waals surface area (Å²) in [5, 5.41) is 0. The molecule has 78 valence electrons. The number of carbonyl (C=O) groups excluding carboxylic acids is 1. The Morgan fingerprint density at radius 1 is 1.33 bits per heavy atom. The Morgan fingerprint density at radius 3 is 2.73 bits per heavy atom. The first-order valence-corrected chi connectivity index (χ1v) is 5.15. The third-order valence-electron chi connectivity index (χ3n) is 2.46. The molecule has 0 heterocycles. The normalized spacial score (nSPS) is 24.1. The van der Waals surface area contributed by atoms with Crippen LogP contribution in [0.2, 0.25) is 0 Å². The van der Waals surface area contributed by atoms with Crippen molar-refractivity contribution in [2.24, 2.45) is 0 Å². The van der Waals surface area contributed by atoms with Crippen molar-refractivity contribution in [3.8, 4) is 0 Å². The quantitative estimate of drug-likeness (QED) is 0.768. The maximum Gasteiger partial charge on any atom is 0.226 e. The van der Waals surface area contributed by atoms with Gasteiger partial charge in [-0.25, -0.2) is 8.78 Å². The number of hydrogen-bond acceptors (Lipinski definition) is 1. The first-order chi connectivity index (χ1) is 7.09. The number of fused-ring (bicyclic) bond motifs is 1. The molecule has 2 rings (SSSR count). The zero-order chi connectivity index (χ0) is 11.1. The summed E-state index contributed by atoms with van der Waals surface area (Å²) in [6, 6.07) is 4.73. The lowest BCUT2D eigenvalue weighted by Gasteiger charge is -2.25. The lowest BCUT2D eigenvalue weighted by Crippen LogP contribution is -2.34. The van der Waals surface area contributed by atoms with Crippen LogP contribution in [0, 0.1) is 0 Å². The summed E-state index contributed by atoms with van der Waals surface area (Å²) in [5.74, 6) is -0.837. The Balaban J connectivity index is 2.71. The van der Waals surface area contributed by atoms with Gasteiger partial charge in [0.05, 0.1) is 0 Å². The molecule has 1 nitrogen and oxygen atoms in total. The second-order valence-corrected chi connectivity index (χ2v) is 4.19. The number of alkyl halides is 2. The van der Waals surface area contributed by atoms with Crippen LogP contribution in [0.4, 0.5) is 8.78 Å². The standard InChI is InChI=1S/C11H7BrF2O/c12-9-3-1-2-8-7(9)4-5-10(15)11(8,14)6-13/h1-5H,6H2. The van der Waals surface area contributed by atoms with Crippen molar-refractivity contribution in [1.82, 2.24) is 0 Å².